The van der Waals surface area contributed by atoms with Crippen LogP contribution in [0.2, 0.25) is 0 Å². The minimum absolute atomic E-state index is 0.100. The Kier molecular flexibility index (Phi) is 5.07. The number of fused-ring (bicyclic) bond motifs is 2. The molecule has 0 saturated heterocycles. The van der Waals surface area contributed by atoms with Gasteiger partial charge in [-0.3, -0.25) is 19.7 Å². The molecule has 35 heavy (non-hydrogen) atoms. The van der Waals surface area contributed by atoms with E-state index in [4.69, 9.17) is 10.1 Å². The Hall–Kier alpha value is -4.45. The average Bonchev–Trinajstić information content (AvgIpc) is 3.33. The van der Waals surface area contributed by atoms with Crippen LogP contribution in [0.3, 0.4) is 0 Å². The highest BCUT2D eigenvalue weighted by Crippen LogP contribution is 2.39. The number of pyridine rings is 1. The molecular weight excluding hydrogens is 434 g/mol. The number of benzene rings is 3. The first-order valence-corrected chi connectivity index (χ1v) is 11.6. The smallest absolute Gasteiger partial charge is 0.240 e. The van der Waals surface area contributed by atoms with Crippen LogP contribution < -0.4 is 0 Å². The molecule has 5 aromatic rings. The van der Waals surface area contributed by atoms with Crippen molar-refractivity contribution in [3.05, 3.63) is 102 Å². The van der Waals surface area contributed by atoms with Crippen LogP contribution in [0.4, 0.5) is 0 Å². The monoisotopic (exact) mass is 457 g/mol. The van der Waals surface area contributed by atoms with E-state index in [-0.39, 0.29) is 11.9 Å². The Morgan fingerprint density at radius 2 is 1.60 bits per heavy atom. The van der Waals surface area contributed by atoms with Crippen LogP contribution in [0, 0.1) is 6.92 Å². The van der Waals surface area contributed by atoms with Crippen LogP contribution in [-0.4, -0.2) is 31.6 Å². The molecule has 3 aromatic carbocycles. The third kappa shape index (κ3) is 3.64. The predicted molar refractivity (Wildman–Crippen MR) is 138 cm³/mol. The van der Waals surface area contributed by atoms with Crippen molar-refractivity contribution in [3.8, 4) is 11.1 Å². The van der Waals surface area contributed by atoms with Gasteiger partial charge in [0.15, 0.2) is 0 Å². The third-order valence-electron chi connectivity index (χ3n) is 6.54. The summed E-state index contributed by atoms with van der Waals surface area (Å²) in [5.74, 6) is -0.100. The van der Waals surface area contributed by atoms with Gasteiger partial charge in [0.2, 0.25) is 5.91 Å². The Morgan fingerprint density at radius 3 is 2.40 bits per heavy atom. The third-order valence-corrected chi connectivity index (χ3v) is 6.54. The zero-order valence-corrected chi connectivity index (χ0v) is 19.5. The standard InChI is InChI=1S/C29H23N5O/c1-18-28(29(20-8-4-3-5-9-20)22-10-6-7-11-23(22)32-18)26-17-27(34(33-26)19(2)35)21-12-13-24-25(16-21)31-15-14-30-24/h3-16,27H,17H2,1-2H3/t27-/m0/s1. The molecular formula is C29H23N5O. The largest absolute Gasteiger partial charge is 0.273 e. The van der Waals surface area contributed by atoms with E-state index in [2.05, 4.69) is 28.2 Å². The number of aryl methyl sites for hydroxylation is 1. The quantitative estimate of drug-likeness (QED) is 0.341. The van der Waals surface area contributed by atoms with E-state index in [1.807, 2.05) is 61.5 Å². The van der Waals surface area contributed by atoms with Gasteiger partial charge in [-0.25, -0.2) is 5.01 Å². The van der Waals surface area contributed by atoms with Crippen LogP contribution in [0.5, 0.6) is 0 Å². The van der Waals surface area contributed by atoms with Crippen LogP contribution in [0.15, 0.2) is 90.3 Å². The topological polar surface area (TPSA) is 71.3 Å². The molecule has 1 aliphatic heterocycles. The molecule has 0 fully saturated rings. The van der Waals surface area contributed by atoms with E-state index < -0.39 is 0 Å². The second-order valence-corrected chi connectivity index (χ2v) is 8.77. The number of hydrogen-bond acceptors (Lipinski definition) is 5. The Morgan fingerprint density at radius 1 is 0.857 bits per heavy atom. The first-order valence-electron chi connectivity index (χ1n) is 11.6. The number of carbonyl (C=O) groups is 1. The molecule has 6 heteroatoms. The fraction of sp³-hybridized carbons (Fsp3) is 0.138. The zero-order chi connectivity index (χ0) is 23.9. The van der Waals surface area contributed by atoms with Crippen LogP contribution in [-0.2, 0) is 4.79 Å². The maximum Gasteiger partial charge on any atom is 0.240 e. The molecule has 1 aliphatic rings. The number of rotatable bonds is 3. The van der Waals surface area contributed by atoms with Gasteiger partial charge in [0.05, 0.1) is 28.3 Å². The molecule has 0 unspecified atom stereocenters. The normalized spacial score (nSPS) is 15.5. The van der Waals surface area contributed by atoms with Crippen LogP contribution >= 0.6 is 0 Å². The molecule has 0 saturated carbocycles. The van der Waals surface area contributed by atoms with Crippen molar-refractivity contribution in [2.75, 3.05) is 0 Å². The van der Waals surface area contributed by atoms with Crippen molar-refractivity contribution in [2.24, 2.45) is 5.10 Å². The van der Waals surface area contributed by atoms with E-state index >= 15 is 0 Å². The molecule has 2 aromatic heterocycles. The maximum absolute atomic E-state index is 12.7. The lowest BCUT2D eigenvalue weighted by Gasteiger charge is -2.20. The molecule has 6 nitrogen and oxygen atoms in total. The average molecular weight is 458 g/mol. The molecule has 0 spiro atoms. The van der Waals surface area contributed by atoms with E-state index in [0.717, 1.165) is 55.6 Å². The van der Waals surface area contributed by atoms with Crippen molar-refractivity contribution in [1.82, 2.24) is 20.0 Å². The van der Waals surface area contributed by atoms with Gasteiger partial charge in [-0.15, -0.1) is 0 Å². The molecule has 0 radical (unpaired) electrons. The van der Waals surface area contributed by atoms with Gasteiger partial charge in [0.25, 0.3) is 0 Å². The van der Waals surface area contributed by atoms with Gasteiger partial charge in [0, 0.05) is 47.9 Å². The molecule has 0 aliphatic carbocycles. The fourth-order valence-electron chi connectivity index (χ4n) is 4.99. The summed E-state index contributed by atoms with van der Waals surface area (Å²) < 4.78 is 0. The Balaban J connectivity index is 1.53. The predicted octanol–water partition coefficient (Wildman–Crippen LogP) is 5.85. The number of nitrogens with zero attached hydrogens (tertiary/aromatic N) is 5. The number of hydrazone groups is 1. The summed E-state index contributed by atoms with van der Waals surface area (Å²) in [6, 6.07) is 24.3. The van der Waals surface area contributed by atoms with Crippen molar-refractivity contribution >= 4 is 33.6 Å². The number of hydrogen-bond donors (Lipinski definition) is 0. The fourth-order valence-corrected chi connectivity index (χ4v) is 4.99. The SMILES string of the molecule is CC(=O)N1N=C(c2c(C)nc3ccccc3c2-c2ccccc2)C[C@H]1c1ccc2nccnc2c1. The van der Waals surface area contributed by atoms with Crippen molar-refractivity contribution in [3.63, 3.8) is 0 Å². The van der Waals surface area contributed by atoms with Crippen LogP contribution in [0.25, 0.3) is 33.1 Å². The first-order chi connectivity index (χ1) is 17.1. The lowest BCUT2D eigenvalue weighted by atomic mass is 9.89. The number of carbonyl (C=O) groups excluding carboxylic acids is 1. The van der Waals surface area contributed by atoms with Gasteiger partial charge in [-0.05, 0) is 36.2 Å². The lowest BCUT2D eigenvalue weighted by molar-refractivity contribution is -0.130. The number of amides is 1. The van der Waals surface area contributed by atoms with E-state index in [1.165, 1.54) is 0 Å². The Labute approximate surface area is 203 Å². The van der Waals surface area contributed by atoms with Crippen LogP contribution in [0.1, 0.15) is 36.2 Å². The molecule has 170 valence electrons. The zero-order valence-electron chi connectivity index (χ0n) is 19.5. The molecule has 0 N–H and O–H groups in total. The summed E-state index contributed by atoms with van der Waals surface area (Å²) in [5, 5.41) is 7.54. The summed E-state index contributed by atoms with van der Waals surface area (Å²) >= 11 is 0. The summed E-state index contributed by atoms with van der Waals surface area (Å²) in [6.07, 6.45) is 3.95. The maximum atomic E-state index is 12.7. The lowest BCUT2D eigenvalue weighted by Crippen LogP contribution is -2.24. The van der Waals surface area contributed by atoms with Gasteiger partial charge < -0.3 is 0 Å². The molecule has 1 atom stereocenters. The van der Waals surface area contributed by atoms with Crippen molar-refractivity contribution in [1.29, 1.82) is 0 Å². The summed E-state index contributed by atoms with van der Waals surface area (Å²) in [5.41, 5.74) is 8.50. The number of para-hydroxylation sites is 1. The van der Waals surface area contributed by atoms with Crippen molar-refractivity contribution < 1.29 is 4.79 Å². The summed E-state index contributed by atoms with van der Waals surface area (Å²) in [6.45, 7) is 3.58. The van der Waals surface area contributed by atoms with Gasteiger partial charge in [-0.1, -0.05) is 54.6 Å². The van der Waals surface area contributed by atoms with Gasteiger partial charge >= 0.3 is 0 Å². The highest BCUT2D eigenvalue weighted by Gasteiger charge is 2.34. The van der Waals surface area contributed by atoms with E-state index in [1.54, 1.807) is 24.3 Å². The number of aromatic nitrogens is 3. The minimum Gasteiger partial charge on any atom is -0.273 e. The molecule has 3 heterocycles. The second-order valence-electron chi connectivity index (χ2n) is 8.77. The van der Waals surface area contributed by atoms with E-state index in [0.29, 0.717) is 6.42 Å². The van der Waals surface area contributed by atoms with Gasteiger partial charge in [0.1, 0.15) is 0 Å². The second kappa shape index (κ2) is 8.40. The summed E-state index contributed by atoms with van der Waals surface area (Å²) in [4.78, 5) is 26.4. The minimum atomic E-state index is -0.219. The van der Waals surface area contributed by atoms with E-state index in [9.17, 15) is 4.79 Å². The molecule has 0 bridgehead atoms. The molecule has 6 rings (SSSR count). The highest BCUT2D eigenvalue weighted by atomic mass is 16.2. The van der Waals surface area contributed by atoms with Gasteiger partial charge in [-0.2, -0.15) is 5.10 Å². The summed E-state index contributed by atoms with van der Waals surface area (Å²) in [7, 11) is 0. The Bertz CT molecular complexity index is 1630. The van der Waals surface area contributed by atoms with Crippen molar-refractivity contribution in [2.45, 2.75) is 26.3 Å². The molecule has 1 amide bonds. The first kappa shape index (κ1) is 21.1. The highest BCUT2D eigenvalue weighted by molar-refractivity contribution is 6.14.